The van der Waals surface area contributed by atoms with Gasteiger partial charge in [0.2, 0.25) is 5.91 Å². The van der Waals surface area contributed by atoms with Crippen molar-refractivity contribution in [2.45, 2.75) is 58.5 Å². The zero-order valence-electron chi connectivity index (χ0n) is 19.5. The van der Waals surface area contributed by atoms with Gasteiger partial charge in [-0.15, -0.1) is 0 Å². The van der Waals surface area contributed by atoms with Gasteiger partial charge in [0.1, 0.15) is 0 Å². The van der Waals surface area contributed by atoms with Gasteiger partial charge in [-0.25, -0.2) is 9.50 Å². The molecule has 0 bridgehead atoms. The van der Waals surface area contributed by atoms with Crippen LogP contribution in [0.15, 0.2) is 35.4 Å². The molecule has 2 aliphatic heterocycles. The van der Waals surface area contributed by atoms with Gasteiger partial charge in [0.05, 0.1) is 11.3 Å². The fourth-order valence-corrected chi connectivity index (χ4v) is 5.06. The largest absolute Gasteiger partial charge is 0.342 e. The van der Waals surface area contributed by atoms with Crippen LogP contribution < -0.4 is 5.56 Å². The minimum Gasteiger partial charge on any atom is -0.342 e. The standard InChI is InChI=1S/C25H32N6O2/c1-3-17(2)24(32)30-11-4-5-19(15-30)22-13-23-27-21-8-12-29(14-18-6-9-26-10-7-18)16-20(21)25(33)31(23)28-22/h6-7,9-10,13,17,19,28H,3-5,8,11-12,14-16H2,1-2H3. The van der Waals surface area contributed by atoms with Crippen molar-refractivity contribution in [1.29, 1.82) is 0 Å². The van der Waals surface area contributed by atoms with E-state index in [1.807, 2.05) is 30.0 Å². The molecular formula is C25H32N6O2. The highest BCUT2D eigenvalue weighted by molar-refractivity contribution is 5.78. The summed E-state index contributed by atoms with van der Waals surface area (Å²) in [4.78, 5) is 39.3. The molecule has 1 fully saturated rings. The summed E-state index contributed by atoms with van der Waals surface area (Å²) >= 11 is 0. The summed E-state index contributed by atoms with van der Waals surface area (Å²) in [5.41, 5.74) is 4.55. The Labute approximate surface area is 193 Å². The summed E-state index contributed by atoms with van der Waals surface area (Å²) in [6.45, 7) is 7.85. The topological polar surface area (TPSA) is 86.6 Å². The Balaban J connectivity index is 1.38. The number of rotatable bonds is 5. The number of H-pyrrole nitrogens is 1. The molecule has 1 saturated heterocycles. The molecule has 0 radical (unpaired) electrons. The molecule has 2 atom stereocenters. The van der Waals surface area contributed by atoms with Crippen molar-refractivity contribution in [2.75, 3.05) is 19.6 Å². The fourth-order valence-electron chi connectivity index (χ4n) is 5.06. The lowest BCUT2D eigenvalue weighted by molar-refractivity contribution is -0.136. The van der Waals surface area contributed by atoms with E-state index in [0.29, 0.717) is 18.7 Å². The molecule has 3 aromatic rings. The van der Waals surface area contributed by atoms with Gasteiger partial charge in [0, 0.05) is 75.1 Å². The van der Waals surface area contributed by atoms with E-state index in [1.54, 1.807) is 16.9 Å². The molecular weight excluding hydrogens is 416 g/mol. The average Bonchev–Trinajstić information content (AvgIpc) is 3.29. The fraction of sp³-hybridized carbons (Fsp3) is 0.520. The summed E-state index contributed by atoms with van der Waals surface area (Å²) in [5, 5.41) is 3.33. The van der Waals surface area contributed by atoms with Crippen molar-refractivity contribution >= 4 is 11.6 Å². The SMILES string of the molecule is CCC(C)C(=O)N1CCCC(c2cc3nc4c(c(=O)n3[nH]2)CN(Cc2ccncc2)CC4)C1. The van der Waals surface area contributed by atoms with E-state index in [-0.39, 0.29) is 23.3 Å². The first-order valence-electron chi connectivity index (χ1n) is 12.1. The lowest BCUT2D eigenvalue weighted by Crippen LogP contribution is -2.41. The minimum absolute atomic E-state index is 0.0102. The Kier molecular flexibility index (Phi) is 6.01. The monoisotopic (exact) mass is 448 g/mol. The Bertz CT molecular complexity index is 1200. The predicted molar refractivity (Wildman–Crippen MR) is 126 cm³/mol. The maximum atomic E-state index is 13.4. The van der Waals surface area contributed by atoms with Gasteiger partial charge in [0.15, 0.2) is 5.65 Å². The molecule has 0 spiro atoms. The number of likely N-dealkylation sites (tertiary alicyclic amines) is 1. The highest BCUT2D eigenvalue weighted by atomic mass is 16.2. The lowest BCUT2D eigenvalue weighted by Gasteiger charge is -2.33. The number of piperidine rings is 1. The van der Waals surface area contributed by atoms with Crippen molar-refractivity contribution in [3.05, 3.63) is 63.5 Å². The molecule has 33 heavy (non-hydrogen) atoms. The van der Waals surface area contributed by atoms with Crippen LogP contribution >= 0.6 is 0 Å². The molecule has 174 valence electrons. The first kappa shape index (κ1) is 21.8. The summed E-state index contributed by atoms with van der Waals surface area (Å²) in [6, 6.07) is 6.04. The Morgan fingerprint density at radius 2 is 2.09 bits per heavy atom. The van der Waals surface area contributed by atoms with Crippen LogP contribution in [0.25, 0.3) is 5.65 Å². The molecule has 0 aliphatic carbocycles. The molecule has 1 amide bonds. The zero-order valence-corrected chi connectivity index (χ0v) is 19.5. The number of pyridine rings is 1. The van der Waals surface area contributed by atoms with Crippen LogP contribution in [0.4, 0.5) is 0 Å². The number of carbonyl (C=O) groups is 1. The van der Waals surface area contributed by atoms with Crippen LogP contribution in [0, 0.1) is 5.92 Å². The number of aromatic nitrogens is 4. The molecule has 2 unspecified atom stereocenters. The van der Waals surface area contributed by atoms with Gasteiger partial charge in [0.25, 0.3) is 5.56 Å². The molecule has 8 nitrogen and oxygen atoms in total. The molecule has 0 aromatic carbocycles. The second-order valence-corrected chi connectivity index (χ2v) is 9.50. The van der Waals surface area contributed by atoms with Gasteiger partial charge in [-0.3, -0.25) is 24.6 Å². The van der Waals surface area contributed by atoms with Crippen LogP contribution in [0.1, 0.15) is 61.5 Å². The molecule has 8 heteroatoms. The number of amides is 1. The zero-order chi connectivity index (χ0) is 22.9. The van der Waals surface area contributed by atoms with Gasteiger partial charge in [-0.2, -0.15) is 0 Å². The molecule has 1 N–H and O–H groups in total. The first-order valence-corrected chi connectivity index (χ1v) is 12.1. The van der Waals surface area contributed by atoms with Crippen molar-refractivity contribution in [3.8, 4) is 0 Å². The van der Waals surface area contributed by atoms with Crippen LogP contribution in [-0.4, -0.2) is 54.9 Å². The van der Waals surface area contributed by atoms with Crippen molar-refractivity contribution < 1.29 is 4.79 Å². The second kappa shape index (κ2) is 9.09. The Morgan fingerprint density at radius 1 is 1.27 bits per heavy atom. The number of hydrogen-bond donors (Lipinski definition) is 1. The number of carbonyl (C=O) groups excluding carboxylic acids is 1. The van der Waals surface area contributed by atoms with Crippen LogP contribution in [0.3, 0.4) is 0 Å². The Hall–Kier alpha value is -3.00. The smallest absolute Gasteiger partial charge is 0.277 e. The van der Waals surface area contributed by atoms with Gasteiger partial charge < -0.3 is 4.90 Å². The van der Waals surface area contributed by atoms with Crippen molar-refractivity contribution in [2.24, 2.45) is 5.92 Å². The first-order chi connectivity index (χ1) is 16.0. The van der Waals surface area contributed by atoms with E-state index < -0.39 is 0 Å². The van der Waals surface area contributed by atoms with Gasteiger partial charge in [-0.1, -0.05) is 13.8 Å². The molecule has 2 aliphatic rings. The molecule has 3 aromatic heterocycles. The average molecular weight is 449 g/mol. The van der Waals surface area contributed by atoms with E-state index >= 15 is 0 Å². The van der Waals surface area contributed by atoms with Gasteiger partial charge >= 0.3 is 0 Å². The number of nitrogens with zero attached hydrogens (tertiary/aromatic N) is 5. The third-order valence-electron chi connectivity index (χ3n) is 7.22. The van der Waals surface area contributed by atoms with E-state index in [1.165, 1.54) is 5.56 Å². The highest BCUT2D eigenvalue weighted by Gasteiger charge is 2.29. The lowest BCUT2D eigenvalue weighted by atomic mass is 9.93. The summed E-state index contributed by atoms with van der Waals surface area (Å²) in [5.74, 6) is 0.490. The van der Waals surface area contributed by atoms with Crippen molar-refractivity contribution in [1.82, 2.24) is 29.4 Å². The number of hydrogen-bond acceptors (Lipinski definition) is 5. The third-order valence-corrected chi connectivity index (χ3v) is 7.22. The normalized spacial score (nSPS) is 20.1. The highest BCUT2D eigenvalue weighted by Crippen LogP contribution is 2.28. The number of nitrogens with one attached hydrogen (secondary N) is 1. The summed E-state index contributed by atoms with van der Waals surface area (Å²) < 4.78 is 1.60. The summed E-state index contributed by atoms with van der Waals surface area (Å²) in [6.07, 6.45) is 7.21. The van der Waals surface area contributed by atoms with E-state index in [4.69, 9.17) is 4.98 Å². The Morgan fingerprint density at radius 3 is 2.88 bits per heavy atom. The molecule has 5 rings (SSSR count). The third kappa shape index (κ3) is 4.31. The van der Waals surface area contributed by atoms with Crippen LogP contribution in [0.5, 0.6) is 0 Å². The van der Waals surface area contributed by atoms with E-state index in [2.05, 4.69) is 21.9 Å². The minimum atomic E-state index is -0.0102. The van der Waals surface area contributed by atoms with E-state index in [0.717, 1.165) is 62.3 Å². The quantitative estimate of drug-likeness (QED) is 0.649. The number of aromatic amines is 1. The van der Waals surface area contributed by atoms with Crippen LogP contribution in [-0.2, 0) is 24.3 Å². The maximum Gasteiger partial charge on any atom is 0.277 e. The van der Waals surface area contributed by atoms with Crippen LogP contribution in [0.2, 0.25) is 0 Å². The molecule has 0 saturated carbocycles. The predicted octanol–water partition coefficient (Wildman–Crippen LogP) is 2.73. The summed E-state index contributed by atoms with van der Waals surface area (Å²) in [7, 11) is 0. The van der Waals surface area contributed by atoms with Gasteiger partial charge in [-0.05, 0) is 37.0 Å². The second-order valence-electron chi connectivity index (χ2n) is 9.50. The number of fused-ring (bicyclic) bond motifs is 2. The molecule has 5 heterocycles. The van der Waals surface area contributed by atoms with Crippen molar-refractivity contribution in [3.63, 3.8) is 0 Å². The maximum absolute atomic E-state index is 13.4. The van der Waals surface area contributed by atoms with E-state index in [9.17, 15) is 9.59 Å².